The van der Waals surface area contributed by atoms with Crippen LogP contribution in [0, 0.1) is 0 Å². The van der Waals surface area contributed by atoms with Gasteiger partial charge in [0.1, 0.15) is 5.54 Å². The lowest BCUT2D eigenvalue weighted by atomic mass is 9.81. The maximum Gasteiger partial charge on any atom is 0.328 e. The normalized spacial score (nSPS) is 37.7. The molecule has 21 heavy (non-hydrogen) atoms. The quantitative estimate of drug-likeness (QED) is 0.801. The van der Waals surface area contributed by atoms with Crippen molar-refractivity contribution in [3.8, 4) is 0 Å². The van der Waals surface area contributed by atoms with E-state index in [2.05, 4.69) is 24.3 Å². The van der Waals surface area contributed by atoms with Gasteiger partial charge < -0.3 is 4.74 Å². The predicted octanol–water partition coefficient (Wildman–Crippen LogP) is 2.78. The fraction of sp³-hybridized carbons (Fsp3) is 0.588. The Morgan fingerprint density at radius 1 is 1.33 bits per heavy atom. The molecule has 0 unspecified atom stereocenters. The highest BCUT2D eigenvalue weighted by Gasteiger charge is 2.67. The van der Waals surface area contributed by atoms with Crippen molar-refractivity contribution in [2.24, 2.45) is 0 Å². The largest absolute Gasteiger partial charge is 0.465 e. The van der Waals surface area contributed by atoms with E-state index in [1.54, 1.807) is 0 Å². The summed E-state index contributed by atoms with van der Waals surface area (Å²) in [7, 11) is 0. The van der Waals surface area contributed by atoms with Crippen LogP contribution >= 0.6 is 0 Å². The lowest BCUT2D eigenvalue weighted by Crippen LogP contribution is -2.56. The zero-order valence-corrected chi connectivity index (χ0v) is 12.4. The van der Waals surface area contributed by atoms with Gasteiger partial charge in [0.25, 0.3) is 0 Å². The number of benzene rings is 1. The molecule has 1 aromatic carbocycles. The predicted molar refractivity (Wildman–Crippen MR) is 77.3 cm³/mol. The van der Waals surface area contributed by atoms with Crippen LogP contribution in [0.5, 0.6) is 0 Å². The van der Waals surface area contributed by atoms with E-state index in [9.17, 15) is 4.79 Å². The summed E-state index contributed by atoms with van der Waals surface area (Å²) in [5, 5.41) is 2.02. The summed E-state index contributed by atoms with van der Waals surface area (Å²) >= 11 is 0. The Bertz CT molecular complexity index is 560. The second-order valence-corrected chi connectivity index (χ2v) is 6.41. The van der Waals surface area contributed by atoms with E-state index in [0.717, 1.165) is 32.1 Å². The van der Waals surface area contributed by atoms with Crippen LogP contribution in [0.4, 0.5) is 0 Å². The van der Waals surface area contributed by atoms with Crippen molar-refractivity contribution in [1.82, 2.24) is 5.06 Å². The molecule has 4 heteroatoms. The number of carbonyl (C=O) groups is 1. The fourth-order valence-corrected chi connectivity index (χ4v) is 4.44. The van der Waals surface area contributed by atoms with Gasteiger partial charge in [-0.3, -0.25) is 4.84 Å². The first-order chi connectivity index (χ1) is 10.2. The molecule has 3 fully saturated rings. The molecule has 0 aromatic heterocycles. The molecule has 3 aliphatic heterocycles. The van der Waals surface area contributed by atoms with Crippen LogP contribution in [0.1, 0.15) is 44.6 Å². The second kappa shape index (κ2) is 4.55. The van der Waals surface area contributed by atoms with Crippen molar-refractivity contribution < 1.29 is 14.4 Å². The Morgan fingerprint density at radius 3 is 2.90 bits per heavy atom. The van der Waals surface area contributed by atoms with Crippen LogP contribution in [-0.4, -0.2) is 29.3 Å². The third kappa shape index (κ3) is 1.66. The zero-order chi connectivity index (χ0) is 14.5. The molecule has 2 bridgehead atoms. The molecule has 0 spiro atoms. The van der Waals surface area contributed by atoms with E-state index in [4.69, 9.17) is 9.57 Å². The molecule has 4 rings (SSSR count). The number of nitrogens with zero attached hydrogens (tertiary/aromatic N) is 1. The molecule has 3 atom stereocenters. The molecule has 0 aliphatic carbocycles. The summed E-state index contributed by atoms with van der Waals surface area (Å²) in [6, 6.07) is 10.5. The van der Waals surface area contributed by atoms with Crippen LogP contribution in [0.2, 0.25) is 0 Å². The molecule has 3 aliphatic rings. The summed E-state index contributed by atoms with van der Waals surface area (Å²) in [4.78, 5) is 18.7. The first-order valence-electron chi connectivity index (χ1n) is 7.91. The number of hydrogen-bond donors (Lipinski definition) is 0. The standard InChI is InChI=1S/C17H21NO3/c1-2-20-15(19)16-9-8-14-12-17(11-10-16,18(16)21-14)13-6-4-3-5-7-13/h3-7,14H,2,8-12H2,1H3/t14-,16+,17+/m0/s1. The van der Waals surface area contributed by atoms with Crippen LogP contribution in [0.25, 0.3) is 0 Å². The van der Waals surface area contributed by atoms with Gasteiger partial charge in [0.05, 0.1) is 18.2 Å². The number of fused-ring (bicyclic) bond motifs is 1. The Kier molecular flexibility index (Phi) is 2.88. The van der Waals surface area contributed by atoms with Crippen LogP contribution in [-0.2, 0) is 19.9 Å². The van der Waals surface area contributed by atoms with E-state index in [-0.39, 0.29) is 17.6 Å². The smallest absolute Gasteiger partial charge is 0.328 e. The first-order valence-corrected chi connectivity index (χ1v) is 7.91. The van der Waals surface area contributed by atoms with Gasteiger partial charge in [-0.25, -0.2) is 4.79 Å². The molecule has 4 nitrogen and oxygen atoms in total. The molecule has 0 saturated carbocycles. The monoisotopic (exact) mass is 287 g/mol. The van der Waals surface area contributed by atoms with Crippen LogP contribution in [0.15, 0.2) is 30.3 Å². The second-order valence-electron chi connectivity index (χ2n) is 6.41. The van der Waals surface area contributed by atoms with Crippen molar-refractivity contribution in [3.63, 3.8) is 0 Å². The Hall–Kier alpha value is -1.39. The average molecular weight is 287 g/mol. The van der Waals surface area contributed by atoms with Crippen molar-refractivity contribution in [2.45, 2.75) is 56.2 Å². The molecule has 1 aromatic rings. The van der Waals surface area contributed by atoms with Gasteiger partial charge in [-0.15, -0.1) is 0 Å². The number of hydroxylamine groups is 2. The highest BCUT2D eigenvalue weighted by atomic mass is 16.7. The topological polar surface area (TPSA) is 38.8 Å². The molecule has 0 amide bonds. The molecular weight excluding hydrogens is 266 g/mol. The van der Waals surface area contributed by atoms with Gasteiger partial charge in [-0.2, -0.15) is 5.06 Å². The number of hydrogen-bond acceptors (Lipinski definition) is 4. The summed E-state index contributed by atoms with van der Waals surface area (Å²) in [6.45, 7) is 2.29. The van der Waals surface area contributed by atoms with Gasteiger partial charge in [0, 0.05) is 6.42 Å². The average Bonchev–Trinajstić information content (AvgIpc) is 2.99. The van der Waals surface area contributed by atoms with Crippen molar-refractivity contribution >= 4 is 5.97 Å². The first kappa shape index (κ1) is 13.3. The van der Waals surface area contributed by atoms with E-state index in [1.807, 2.05) is 18.1 Å². The third-order valence-electron chi connectivity index (χ3n) is 5.40. The van der Waals surface area contributed by atoms with Gasteiger partial charge in [-0.1, -0.05) is 30.3 Å². The molecular formula is C17H21NO3. The van der Waals surface area contributed by atoms with E-state index >= 15 is 0 Å². The summed E-state index contributed by atoms with van der Waals surface area (Å²) < 4.78 is 5.37. The molecule has 3 saturated heterocycles. The van der Waals surface area contributed by atoms with Crippen LogP contribution in [0.3, 0.4) is 0 Å². The number of ether oxygens (including phenoxy) is 1. The Morgan fingerprint density at radius 2 is 2.14 bits per heavy atom. The third-order valence-corrected chi connectivity index (χ3v) is 5.40. The van der Waals surface area contributed by atoms with Gasteiger partial charge in [0.2, 0.25) is 0 Å². The Balaban J connectivity index is 1.77. The van der Waals surface area contributed by atoms with Gasteiger partial charge in [0.15, 0.2) is 0 Å². The van der Waals surface area contributed by atoms with Gasteiger partial charge in [-0.05, 0) is 38.2 Å². The van der Waals surface area contributed by atoms with Crippen molar-refractivity contribution in [3.05, 3.63) is 35.9 Å². The van der Waals surface area contributed by atoms with Crippen LogP contribution < -0.4 is 0 Å². The molecule has 0 N–H and O–H groups in total. The lowest BCUT2D eigenvalue weighted by molar-refractivity contribution is -0.257. The van der Waals surface area contributed by atoms with Crippen molar-refractivity contribution in [2.75, 3.05) is 6.61 Å². The summed E-state index contributed by atoms with van der Waals surface area (Å²) in [6.07, 6.45) is 4.82. The zero-order valence-electron chi connectivity index (χ0n) is 12.4. The summed E-state index contributed by atoms with van der Waals surface area (Å²) in [5.41, 5.74) is 0.550. The maximum atomic E-state index is 12.6. The number of esters is 1. The minimum Gasteiger partial charge on any atom is -0.465 e. The molecule has 112 valence electrons. The number of rotatable bonds is 3. The summed E-state index contributed by atoms with van der Waals surface area (Å²) in [5.74, 6) is -0.108. The van der Waals surface area contributed by atoms with Crippen molar-refractivity contribution in [1.29, 1.82) is 0 Å². The van der Waals surface area contributed by atoms with E-state index < -0.39 is 5.54 Å². The minimum absolute atomic E-state index is 0.108. The number of carbonyl (C=O) groups excluding carboxylic acids is 1. The van der Waals surface area contributed by atoms with E-state index in [0.29, 0.717) is 6.61 Å². The van der Waals surface area contributed by atoms with Gasteiger partial charge >= 0.3 is 5.97 Å². The lowest BCUT2D eigenvalue weighted by Gasteiger charge is -2.41. The minimum atomic E-state index is -0.571. The van der Waals surface area contributed by atoms with E-state index in [1.165, 1.54) is 5.56 Å². The Labute approximate surface area is 125 Å². The molecule has 0 radical (unpaired) electrons. The fourth-order valence-electron chi connectivity index (χ4n) is 4.44. The highest BCUT2D eigenvalue weighted by Crippen LogP contribution is 2.59. The molecule has 3 heterocycles. The maximum absolute atomic E-state index is 12.6. The highest BCUT2D eigenvalue weighted by molar-refractivity contribution is 5.81. The SMILES string of the molecule is CCOC(=O)[C@@]12CC[C@H]3C[C@@](c4ccccc4)(CC1)N2O3.